The Labute approximate surface area is 193 Å². The van der Waals surface area contributed by atoms with Crippen LogP contribution in [0.2, 0.25) is 0 Å². The molecular formula is C25H25N3O4S. The molecule has 0 aliphatic carbocycles. The number of carbonyl (C=O) groups is 2. The van der Waals surface area contributed by atoms with Crippen molar-refractivity contribution in [2.75, 3.05) is 27.6 Å². The van der Waals surface area contributed by atoms with Gasteiger partial charge in [0.15, 0.2) is 0 Å². The van der Waals surface area contributed by atoms with Gasteiger partial charge in [-0.3, -0.25) is 13.9 Å². The summed E-state index contributed by atoms with van der Waals surface area (Å²) in [5.74, 6) is -0.431. The molecule has 8 heteroatoms. The molecular weight excluding hydrogens is 438 g/mol. The number of hydrogen-bond acceptors (Lipinski definition) is 4. The first-order valence-corrected chi connectivity index (χ1v) is 12.2. The van der Waals surface area contributed by atoms with Crippen LogP contribution in [0, 0.1) is 0 Å². The van der Waals surface area contributed by atoms with E-state index in [4.69, 9.17) is 0 Å². The van der Waals surface area contributed by atoms with Crippen molar-refractivity contribution in [3.63, 3.8) is 0 Å². The van der Waals surface area contributed by atoms with Crippen molar-refractivity contribution in [2.24, 2.45) is 0 Å². The van der Waals surface area contributed by atoms with Gasteiger partial charge in [0.2, 0.25) is 5.91 Å². The van der Waals surface area contributed by atoms with Crippen molar-refractivity contribution in [1.29, 1.82) is 0 Å². The molecule has 0 radical (unpaired) electrons. The monoisotopic (exact) mass is 463 g/mol. The van der Waals surface area contributed by atoms with E-state index in [1.807, 2.05) is 12.1 Å². The third kappa shape index (κ3) is 4.61. The van der Waals surface area contributed by atoms with E-state index in [2.05, 4.69) is 5.32 Å². The summed E-state index contributed by atoms with van der Waals surface area (Å²) in [6.07, 6.45) is 1.26. The molecule has 1 saturated heterocycles. The molecule has 0 aromatic heterocycles. The Hall–Kier alpha value is -3.65. The predicted octanol–water partition coefficient (Wildman–Crippen LogP) is 4.28. The first-order valence-electron chi connectivity index (χ1n) is 10.8. The Balaban J connectivity index is 1.61. The average Bonchev–Trinajstić information content (AvgIpc) is 3.26. The fourth-order valence-electron chi connectivity index (χ4n) is 3.92. The highest BCUT2D eigenvalue weighted by Crippen LogP contribution is 2.30. The van der Waals surface area contributed by atoms with Gasteiger partial charge >= 0.3 is 0 Å². The number of rotatable bonds is 7. The summed E-state index contributed by atoms with van der Waals surface area (Å²) in [6, 6.07) is 21.9. The third-order valence-corrected chi connectivity index (χ3v) is 7.43. The molecule has 0 atom stereocenters. The van der Waals surface area contributed by atoms with Crippen LogP contribution in [-0.2, 0) is 14.8 Å². The zero-order valence-electron chi connectivity index (χ0n) is 18.3. The molecule has 4 rings (SSSR count). The number of benzene rings is 3. The van der Waals surface area contributed by atoms with Crippen LogP contribution in [0.1, 0.15) is 30.1 Å². The Kier molecular flexibility index (Phi) is 6.46. The minimum absolute atomic E-state index is 0.0189. The van der Waals surface area contributed by atoms with E-state index in [0.717, 1.165) is 6.42 Å². The van der Waals surface area contributed by atoms with Crippen LogP contribution in [0.15, 0.2) is 83.8 Å². The van der Waals surface area contributed by atoms with Crippen LogP contribution in [0.3, 0.4) is 0 Å². The maximum absolute atomic E-state index is 13.3. The molecule has 1 aliphatic rings. The van der Waals surface area contributed by atoms with Crippen molar-refractivity contribution in [2.45, 2.75) is 24.7 Å². The molecule has 1 fully saturated rings. The summed E-state index contributed by atoms with van der Waals surface area (Å²) in [5, 5.41) is 2.84. The van der Waals surface area contributed by atoms with Gasteiger partial charge in [0.1, 0.15) is 0 Å². The van der Waals surface area contributed by atoms with Gasteiger partial charge in [0, 0.05) is 25.1 Å². The van der Waals surface area contributed by atoms with Crippen LogP contribution < -0.4 is 14.5 Å². The molecule has 3 aromatic carbocycles. The number of nitrogens with zero attached hydrogens (tertiary/aromatic N) is 2. The van der Waals surface area contributed by atoms with E-state index in [9.17, 15) is 18.0 Å². The molecule has 0 saturated carbocycles. The van der Waals surface area contributed by atoms with Gasteiger partial charge in [-0.15, -0.1) is 0 Å². The first-order chi connectivity index (χ1) is 15.9. The molecule has 33 heavy (non-hydrogen) atoms. The van der Waals surface area contributed by atoms with Crippen molar-refractivity contribution in [3.05, 3.63) is 84.4 Å². The van der Waals surface area contributed by atoms with Crippen molar-refractivity contribution in [3.8, 4) is 0 Å². The minimum atomic E-state index is -3.86. The van der Waals surface area contributed by atoms with E-state index < -0.39 is 15.9 Å². The van der Waals surface area contributed by atoms with Crippen LogP contribution >= 0.6 is 0 Å². The van der Waals surface area contributed by atoms with Crippen LogP contribution in [0.5, 0.6) is 0 Å². The largest absolute Gasteiger partial charge is 0.320 e. The number of sulfonamides is 1. The van der Waals surface area contributed by atoms with Crippen LogP contribution in [-0.4, -0.2) is 33.3 Å². The maximum atomic E-state index is 13.3. The molecule has 0 spiro atoms. The summed E-state index contributed by atoms with van der Waals surface area (Å²) in [5.41, 5.74) is 1.91. The van der Waals surface area contributed by atoms with Gasteiger partial charge < -0.3 is 10.2 Å². The summed E-state index contributed by atoms with van der Waals surface area (Å²) >= 11 is 0. The Morgan fingerprint density at radius 3 is 2.42 bits per heavy atom. The van der Waals surface area contributed by atoms with Gasteiger partial charge in [-0.05, 0) is 55.8 Å². The second-order valence-corrected chi connectivity index (χ2v) is 9.52. The van der Waals surface area contributed by atoms with Crippen molar-refractivity contribution in [1.82, 2.24) is 0 Å². The second kappa shape index (κ2) is 9.46. The lowest BCUT2D eigenvalue weighted by molar-refractivity contribution is -0.117. The smallest absolute Gasteiger partial charge is 0.264 e. The first kappa shape index (κ1) is 22.5. The van der Waals surface area contributed by atoms with Gasteiger partial charge in [0.05, 0.1) is 22.0 Å². The molecule has 0 unspecified atom stereocenters. The number of carbonyl (C=O) groups excluding carboxylic acids is 2. The lowest BCUT2D eigenvalue weighted by atomic mass is 10.2. The number of anilines is 3. The third-order valence-electron chi connectivity index (χ3n) is 5.53. The molecule has 170 valence electrons. The fraction of sp³-hybridized carbons (Fsp3) is 0.200. The van der Waals surface area contributed by atoms with E-state index in [0.29, 0.717) is 30.0 Å². The number of para-hydroxylation sites is 3. The lowest BCUT2D eigenvalue weighted by Gasteiger charge is -2.23. The van der Waals surface area contributed by atoms with Gasteiger partial charge in [-0.1, -0.05) is 36.4 Å². The zero-order valence-corrected chi connectivity index (χ0v) is 19.1. The summed E-state index contributed by atoms with van der Waals surface area (Å²) in [6.45, 7) is 2.61. The highest BCUT2D eigenvalue weighted by atomic mass is 32.2. The second-order valence-electron chi connectivity index (χ2n) is 7.65. The predicted molar refractivity (Wildman–Crippen MR) is 129 cm³/mol. The summed E-state index contributed by atoms with van der Waals surface area (Å²) in [4.78, 5) is 26.9. The van der Waals surface area contributed by atoms with E-state index in [1.54, 1.807) is 66.4 Å². The SMILES string of the molecule is CCN(c1ccccc1)S(=O)(=O)c1cccc(C(=O)Nc2ccccc2N2CCCC2=O)c1. The molecule has 1 heterocycles. The van der Waals surface area contributed by atoms with Crippen LogP contribution in [0.4, 0.5) is 17.1 Å². The molecule has 1 aliphatic heterocycles. The maximum Gasteiger partial charge on any atom is 0.264 e. The molecule has 0 bridgehead atoms. The molecule has 7 nitrogen and oxygen atoms in total. The van der Waals surface area contributed by atoms with E-state index in [-0.39, 0.29) is 22.9 Å². The number of hydrogen-bond donors (Lipinski definition) is 1. The lowest BCUT2D eigenvalue weighted by Crippen LogP contribution is -2.31. The summed E-state index contributed by atoms with van der Waals surface area (Å²) in [7, 11) is -3.86. The summed E-state index contributed by atoms with van der Waals surface area (Å²) < 4.78 is 27.9. The van der Waals surface area contributed by atoms with Crippen molar-refractivity contribution >= 4 is 38.9 Å². The molecule has 2 amide bonds. The molecule has 1 N–H and O–H groups in total. The number of nitrogens with one attached hydrogen (secondary N) is 1. The normalized spacial score (nSPS) is 13.7. The topological polar surface area (TPSA) is 86.8 Å². The fourth-order valence-corrected chi connectivity index (χ4v) is 5.44. The van der Waals surface area contributed by atoms with Gasteiger partial charge in [-0.2, -0.15) is 0 Å². The average molecular weight is 464 g/mol. The zero-order chi connectivity index (χ0) is 23.4. The Bertz CT molecular complexity index is 1280. The molecule has 3 aromatic rings. The Morgan fingerprint density at radius 2 is 1.73 bits per heavy atom. The standard InChI is InChI=1S/C25H25N3O4S/c1-2-28(20-11-4-3-5-12-20)33(31,32)21-13-8-10-19(18-21)25(30)26-22-14-6-7-15-23(22)27-17-9-16-24(27)29/h3-8,10-15,18H,2,9,16-17H2,1H3,(H,26,30). The van der Waals surface area contributed by atoms with Gasteiger partial charge in [-0.25, -0.2) is 8.42 Å². The Morgan fingerprint density at radius 1 is 1.00 bits per heavy atom. The highest BCUT2D eigenvalue weighted by molar-refractivity contribution is 7.92. The number of amides is 2. The van der Waals surface area contributed by atoms with E-state index in [1.165, 1.54) is 16.4 Å². The van der Waals surface area contributed by atoms with Gasteiger partial charge in [0.25, 0.3) is 15.9 Å². The van der Waals surface area contributed by atoms with E-state index >= 15 is 0 Å². The highest BCUT2D eigenvalue weighted by Gasteiger charge is 2.26. The quantitative estimate of drug-likeness (QED) is 0.567. The van der Waals surface area contributed by atoms with Crippen LogP contribution in [0.25, 0.3) is 0 Å². The van der Waals surface area contributed by atoms with Crippen molar-refractivity contribution < 1.29 is 18.0 Å². The minimum Gasteiger partial charge on any atom is -0.320 e.